The van der Waals surface area contributed by atoms with Gasteiger partial charge in [0.2, 0.25) is 0 Å². The predicted molar refractivity (Wildman–Crippen MR) is 123 cm³/mol. The number of aromatic nitrogens is 3. The Morgan fingerprint density at radius 3 is 2.68 bits per heavy atom. The molecule has 31 heavy (non-hydrogen) atoms. The molecule has 2 heterocycles. The van der Waals surface area contributed by atoms with Crippen molar-refractivity contribution in [2.75, 3.05) is 11.9 Å². The fourth-order valence-corrected chi connectivity index (χ4v) is 4.14. The normalized spacial score (nSPS) is 14.3. The van der Waals surface area contributed by atoms with Crippen molar-refractivity contribution in [1.29, 1.82) is 0 Å². The van der Waals surface area contributed by atoms with Crippen LogP contribution in [0.25, 0.3) is 11.4 Å². The Hall–Kier alpha value is -3.28. The van der Waals surface area contributed by atoms with Crippen molar-refractivity contribution in [3.05, 3.63) is 71.7 Å². The first-order valence-corrected chi connectivity index (χ1v) is 11.0. The molecule has 0 aliphatic heterocycles. The first kappa shape index (κ1) is 21.0. The van der Waals surface area contributed by atoms with E-state index in [-0.39, 0.29) is 5.91 Å². The number of hydrogen-bond donors (Lipinski definition) is 1. The number of rotatable bonds is 6. The van der Waals surface area contributed by atoms with Gasteiger partial charge in [-0.05, 0) is 38.0 Å². The van der Waals surface area contributed by atoms with Crippen LogP contribution >= 0.6 is 0 Å². The van der Waals surface area contributed by atoms with Crippen molar-refractivity contribution in [2.45, 2.75) is 51.6 Å². The molecule has 1 amide bonds. The van der Waals surface area contributed by atoms with E-state index in [0.29, 0.717) is 29.8 Å². The van der Waals surface area contributed by atoms with Gasteiger partial charge in [-0.25, -0.2) is 9.97 Å². The maximum Gasteiger partial charge on any atom is 0.256 e. The minimum absolute atomic E-state index is 0.181. The molecular weight excluding hydrogens is 386 g/mol. The van der Waals surface area contributed by atoms with E-state index in [1.54, 1.807) is 12.4 Å². The zero-order valence-electron chi connectivity index (χ0n) is 18.2. The molecule has 0 radical (unpaired) electrons. The zero-order chi connectivity index (χ0) is 21.6. The summed E-state index contributed by atoms with van der Waals surface area (Å²) in [7, 11) is 2.05. The molecule has 0 saturated heterocycles. The van der Waals surface area contributed by atoms with Crippen LogP contribution in [0.2, 0.25) is 0 Å². The van der Waals surface area contributed by atoms with Crippen LogP contribution in [0.1, 0.15) is 53.7 Å². The molecule has 6 heteroatoms. The summed E-state index contributed by atoms with van der Waals surface area (Å²) in [6, 6.07) is 14.2. The first-order valence-electron chi connectivity index (χ1n) is 11.0. The van der Waals surface area contributed by atoms with Crippen molar-refractivity contribution in [3.63, 3.8) is 0 Å². The smallest absolute Gasteiger partial charge is 0.256 e. The lowest BCUT2D eigenvalue weighted by Crippen LogP contribution is -2.36. The Bertz CT molecular complexity index is 1030. The van der Waals surface area contributed by atoms with E-state index in [9.17, 15) is 4.79 Å². The fraction of sp³-hybridized carbons (Fsp3) is 0.360. The summed E-state index contributed by atoms with van der Waals surface area (Å²) in [5.74, 6) is 1.15. The second kappa shape index (κ2) is 9.69. The van der Waals surface area contributed by atoms with Crippen LogP contribution < -0.4 is 10.2 Å². The molecule has 1 aliphatic rings. The molecular formula is C25H29N5O. The number of benzene rings is 1. The van der Waals surface area contributed by atoms with Gasteiger partial charge in [0.1, 0.15) is 11.4 Å². The third-order valence-electron chi connectivity index (χ3n) is 5.90. The van der Waals surface area contributed by atoms with Crippen LogP contribution in [-0.4, -0.2) is 33.9 Å². The molecule has 1 aliphatic carbocycles. The quantitative estimate of drug-likeness (QED) is 0.640. The summed E-state index contributed by atoms with van der Waals surface area (Å²) < 4.78 is 0. The minimum Gasteiger partial charge on any atom is -0.356 e. The molecule has 0 spiro atoms. The van der Waals surface area contributed by atoms with E-state index in [0.717, 1.165) is 29.7 Å². The monoisotopic (exact) mass is 415 g/mol. The molecule has 2 aromatic heterocycles. The van der Waals surface area contributed by atoms with Gasteiger partial charge in [-0.15, -0.1) is 0 Å². The Kier molecular flexibility index (Phi) is 6.55. The SMILES string of the molecule is Cc1cccc(-c2ncc(C(=O)NCc3ccccn3)c(N(C)C3CCCCC3)n2)c1. The molecule has 6 nitrogen and oxygen atoms in total. The highest BCUT2D eigenvalue weighted by molar-refractivity contribution is 5.98. The number of pyridine rings is 1. The second-order valence-electron chi connectivity index (χ2n) is 8.21. The van der Waals surface area contributed by atoms with E-state index < -0.39 is 0 Å². The van der Waals surface area contributed by atoms with Crippen molar-refractivity contribution in [2.24, 2.45) is 0 Å². The average molecular weight is 416 g/mol. The highest BCUT2D eigenvalue weighted by atomic mass is 16.1. The van der Waals surface area contributed by atoms with Gasteiger partial charge >= 0.3 is 0 Å². The largest absolute Gasteiger partial charge is 0.356 e. The predicted octanol–water partition coefficient (Wildman–Crippen LogP) is 4.55. The summed E-state index contributed by atoms with van der Waals surface area (Å²) in [5, 5.41) is 2.97. The summed E-state index contributed by atoms with van der Waals surface area (Å²) in [6.07, 6.45) is 9.33. The van der Waals surface area contributed by atoms with Gasteiger partial charge in [0.05, 0.1) is 12.2 Å². The van der Waals surface area contributed by atoms with Gasteiger partial charge in [-0.2, -0.15) is 0 Å². The number of nitrogens with one attached hydrogen (secondary N) is 1. The van der Waals surface area contributed by atoms with Crippen molar-refractivity contribution >= 4 is 11.7 Å². The Balaban J connectivity index is 1.64. The Morgan fingerprint density at radius 1 is 1.10 bits per heavy atom. The van der Waals surface area contributed by atoms with Gasteiger partial charge < -0.3 is 10.2 Å². The number of amides is 1. The van der Waals surface area contributed by atoms with E-state index in [2.05, 4.69) is 39.2 Å². The number of carbonyl (C=O) groups is 1. The van der Waals surface area contributed by atoms with Gasteiger partial charge in [0.15, 0.2) is 5.82 Å². The summed E-state index contributed by atoms with van der Waals surface area (Å²) in [6.45, 7) is 2.42. The Morgan fingerprint density at radius 2 is 1.94 bits per heavy atom. The van der Waals surface area contributed by atoms with Crippen LogP contribution in [-0.2, 0) is 6.54 Å². The zero-order valence-corrected chi connectivity index (χ0v) is 18.2. The minimum atomic E-state index is -0.181. The molecule has 1 fully saturated rings. The number of anilines is 1. The molecule has 1 aromatic carbocycles. The van der Waals surface area contributed by atoms with Gasteiger partial charge in [-0.1, -0.05) is 49.1 Å². The highest BCUT2D eigenvalue weighted by Gasteiger charge is 2.25. The number of carbonyl (C=O) groups excluding carboxylic acids is 1. The fourth-order valence-electron chi connectivity index (χ4n) is 4.14. The number of aryl methyl sites for hydroxylation is 1. The first-order chi connectivity index (χ1) is 15.1. The van der Waals surface area contributed by atoms with Crippen LogP contribution in [0, 0.1) is 6.92 Å². The van der Waals surface area contributed by atoms with E-state index in [1.165, 1.54) is 19.3 Å². The van der Waals surface area contributed by atoms with Gasteiger partial charge in [-0.3, -0.25) is 9.78 Å². The van der Waals surface area contributed by atoms with E-state index in [4.69, 9.17) is 4.98 Å². The number of nitrogens with zero attached hydrogens (tertiary/aromatic N) is 4. The van der Waals surface area contributed by atoms with E-state index >= 15 is 0 Å². The third-order valence-corrected chi connectivity index (χ3v) is 5.90. The van der Waals surface area contributed by atoms with Crippen LogP contribution in [0.5, 0.6) is 0 Å². The van der Waals surface area contributed by atoms with Crippen LogP contribution in [0.3, 0.4) is 0 Å². The molecule has 160 valence electrons. The van der Waals surface area contributed by atoms with Gasteiger partial charge in [0.25, 0.3) is 5.91 Å². The second-order valence-corrected chi connectivity index (χ2v) is 8.21. The van der Waals surface area contributed by atoms with Crippen LogP contribution in [0.15, 0.2) is 54.9 Å². The number of hydrogen-bond acceptors (Lipinski definition) is 5. The molecule has 0 atom stereocenters. The average Bonchev–Trinajstić information content (AvgIpc) is 2.83. The molecule has 0 unspecified atom stereocenters. The molecule has 1 N–H and O–H groups in total. The molecule has 3 aromatic rings. The third kappa shape index (κ3) is 5.08. The van der Waals surface area contributed by atoms with Crippen LogP contribution in [0.4, 0.5) is 5.82 Å². The maximum absolute atomic E-state index is 13.1. The molecule has 0 bridgehead atoms. The van der Waals surface area contributed by atoms with Crippen molar-refractivity contribution < 1.29 is 4.79 Å². The highest BCUT2D eigenvalue weighted by Crippen LogP contribution is 2.29. The molecule has 1 saturated carbocycles. The molecule has 4 rings (SSSR count). The lowest BCUT2D eigenvalue weighted by molar-refractivity contribution is 0.0950. The van der Waals surface area contributed by atoms with E-state index in [1.807, 2.05) is 37.4 Å². The van der Waals surface area contributed by atoms with Crippen molar-refractivity contribution in [1.82, 2.24) is 20.3 Å². The standard InChI is InChI=1S/C25H29N5O/c1-18-9-8-10-19(15-18)23-27-17-22(25(31)28-16-20-11-6-7-14-26-20)24(29-23)30(2)21-12-4-3-5-13-21/h6-11,14-15,17,21H,3-5,12-13,16H2,1-2H3,(H,28,31). The summed E-state index contributed by atoms with van der Waals surface area (Å²) >= 11 is 0. The summed E-state index contributed by atoms with van der Waals surface area (Å²) in [5.41, 5.74) is 3.43. The summed E-state index contributed by atoms with van der Waals surface area (Å²) in [4.78, 5) is 29.0. The topological polar surface area (TPSA) is 71.0 Å². The Labute approximate surface area is 183 Å². The lowest BCUT2D eigenvalue weighted by Gasteiger charge is -2.33. The van der Waals surface area contributed by atoms with Crippen molar-refractivity contribution in [3.8, 4) is 11.4 Å². The lowest BCUT2D eigenvalue weighted by atomic mass is 9.94. The van der Waals surface area contributed by atoms with Gasteiger partial charge in [0, 0.05) is 31.0 Å². The maximum atomic E-state index is 13.1.